The molecule has 116 valence electrons. The minimum absolute atomic E-state index is 0.0688. The highest BCUT2D eigenvalue weighted by Gasteiger charge is 2.12. The van der Waals surface area contributed by atoms with Crippen molar-refractivity contribution in [2.75, 3.05) is 31.4 Å². The topological polar surface area (TPSA) is 67.3 Å². The summed E-state index contributed by atoms with van der Waals surface area (Å²) in [4.78, 5) is 22.2. The van der Waals surface area contributed by atoms with Crippen LogP contribution >= 0.6 is 0 Å². The smallest absolute Gasteiger partial charge is 0.318 e. The van der Waals surface area contributed by atoms with Crippen LogP contribution in [0.25, 0.3) is 0 Å². The van der Waals surface area contributed by atoms with E-state index in [1.54, 1.807) is 11.1 Å². The Labute approximate surface area is 130 Å². The number of hydrogen-bond acceptors (Lipinski definition) is 5. The second-order valence-electron chi connectivity index (χ2n) is 5.02. The van der Waals surface area contributed by atoms with E-state index in [9.17, 15) is 4.79 Å². The molecule has 0 saturated heterocycles. The second kappa shape index (κ2) is 7.40. The normalized spacial score (nSPS) is 10.1. The van der Waals surface area contributed by atoms with E-state index in [0.29, 0.717) is 24.3 Å². The number of ether oxygens (including phenoxy) is 1. The van der Waals surface area contributed by atoms with E-state index in [1.807, 2.05) is 44.4 Å². The van der Waals surface area contributed by atoms with Crippen molar-refractivity contribution in [2.45, 2.75) is 12.8 Å². The molecule has 1 aromatic heterocycles. The Kier molecular flexibility index (Phi) is 5.30. The molecule has 2 aromatic rings. The Morgan fingerprint density at radius 1 is 1.27 bits per heavy atom. The van der Waals surface area contributed by atoms with Gasteiger partial charge in [0.1, 0.15) is 5.69 Å². The zero-order valence-corrected chi connectivity index (χ0v) is 13.0. The van der Waals surface area contributed by atoms with E-state index >= 15 is 0 Å². The summed E-state index contributed by atoms with van der Waals surface area (Å²) in [5.41, 5.74) is 1.71. The van der Waals surface area contributed by atoms with Crippen molar-refractivity contribution >= 4 is 17.4 Å². The monoisotopic (exact) mass is 300 g/mol. The van der Waals surface area contributed by atoms with Crippen molar-refractivity contribution in [2.24, 2.45) is 0 Å². The molecule has 0 fully saturated rings. The predicted molar refractivity (Wildman–Crippen MR) is 86.3 cm³/mol. The second-order valence-corrected chi connectivity index (χ2v) is 5.02. The predicted octanol–water partition coefficient (Wildman–Crippen LogP) is 2.12. The highest BCUT2D eigenvalue weighted by Crippen LogP contribution is 2.23. The number of amides is 1. The highest BCUT2D eigenvalue weighted by molar-refractivity contribution is 5.93. The van der Waals surface area contributed by atoms with Crippen LogP contribution in [0.1, 0.15) is 12.0 Å². The molecule has 0 unspecified atom stereocenters. The van der Waals surface area contributed by atoms with Crippen LogP contribution in [0.5, 0.6) is 6.01 Å². The maximum Gasteiger partial charge on any atom is 0.318 e. The fraction of sp³-hybridized carbons (Fsp3) is 0.312. The van der Waals surface area contributed by atoms with Gasteiger partial charge in [-0.05, 0) is 12.0 Å². The number of carbonyl (C=O) groups is 1. The standard InChI is InChI=1S/C16H20N4O2/c1-20(2)15-13(11-17-16(19-15)22-3)18-14(21)10-9-12-7-5-4-6-8-12/h4-8,11H,9-10H2,1-3H3,(H,18,21). The van der Waals surface area contributed by atoms with Crippen molar-refractivity contribution in [1.82, 2.24) is 9.97 Å². The molecule has 1 amide bonds. The van der Waals surface area contributed by atoms with Crippen LogP contribution in [-0.4, -0.2) is 37.1 Å². The van der Waals surface area contributed by atoms with Crippen molar-refractivity contribution in [3.05, 3.63) is 42.1 Å². The molecule has 1 aromatic carbocycles. The number of nitrogens with one attached hydrogen (secondary N) is 1. The summed E-state index contributed by atoms with van der Waals surface area (Å²) >= 11 is 0. The third kappa shape index (κ3) is 4.18. The molecule has 2 rings (SSSR count). The molecule has 0 radical (unpaired) electrons. The molecule has 0 aliphatic carbocycles. The lowest BCUT2D eigenvalue weighted by Crippen LogP contribution is -2.18. The number of methoxy groups -OCH3 is 1. The number of anilines is 2. The van der Waals surface area contributed by atoms with Crippen LogP contribution in [0.3, 0.4) is 0 Å². The van der Waals surface area contributed by atoms with Crippen LogP contribution in [0.15, 0.2) is 36.5 Å². The summed E-state index contributed by atoms with van der Waals surface area (Å²) in [6, 6.07) is 10.2. The van der Waals surface area contributed by atoms with E-state index < -0.39 is 0 Å². The van der Waals surface area contributed by atoms with Crippen molar-refractivity contribution in [3.8, 4) is 6.01 Å². The molecule has 1 N–H and O–H groups in total. The van der Waals surface area contributed by atoms with E-state index in [0.717, 1.165) is 5.56 Å². The number of aromatic nitrogens is 2. The van der Waals surface area contributed by atoms with Gasteiger partial charge in [-0.3, -0.25) is 4.79 Å². The van der Waals surface area contributed by atoms with Gasteiger partial charge in [0.05, 0.1) is 13.3 Å². The maximum atomic E-state index is 12.1. The Morgan fingerprint density at radius 2 is 2.00 bits per heavy atom. The van der Waals surface area contributed by atoms with E-state index in [2.05, 4.69) is 15.3 Å². The van der Waals surface area contributed by atoms with Crippen LogP contribution in [-0.2, 0) is 11.2 Å². The van der Waals surface area contributed by atoms with Crippen LogP contribution in [0.2, 0.25) is 0 Å². The third-order valence-electron chi connectivity index (χ3n) is 3.11. The molecule has 0 aliphatic rings. The van der Waals surface area contributed by atoms with Crippen LogP contribution in [0, 0.1) is 0 Å². The first kappa shape index (κ1) is 15.8. The zero-order valence-electron chi connectivity index (χ0n) is 13.0. The SMILES string of the molecule is COc1ncc(NC(=O)CCc2ccccc2)c(N(C)C)n1. The first-order valence-electron chi connectivity index (χ1n) is 7.02. The molecule has 0 atom stereocenters. The Morgan fingerprint density at radius 3 is 2.64 bits per heavy atom. The average molecular weight is 300 g/mol. The van der Waals surface area contributed by atoms with Crippen molar-refractivity contribution in [1.29, 1.82) is 0 Å². The number of nitrogens with zero attached hydrogens (tertiary/aromatic N) is 3. The summed E-state index contributed by atoms with van der Waals surface area (Å²) in [6.07, 6.45) is 2.66. The van der Waals surface area contributed by atoms with Gasteiger partial charge in [-0.15, -0.1) is 0 Å². The lowest BCUT2D eigenvalue weighted by atomic mass is 10.1. The van der Waals surface area contributed by atoms with Gasteiger partial charge in [0.25, 0.3) is 0 Å². The molecular formula is C16H20N4O2. The van der Waals surface area contributed by atoms with Gasteiger partial charge in [0, 0.05) is 20.5 Å². The largest absolute Gasteiger partial charge is 0.467 e. The van der Waals surface area contributed by atoms with Crippen molar-refractivity contribution in [3.63, 3.8) is 0 Å². The van der Waals surface area contributed by atoms with Gasteiger partial charge in [0.15, 0.2) is 5.82 Å². The highest BCUT2D eigenvalue weighted by atomic mass is 16.5. The Hall–Kier alpha value is -2.63. The van der Waals surface area contributed by atoms with Gasteiger partial charge in [-0.25, -0.2) is 4.98 Å². The fourth-order valence-electron chi connectivity index (χ4n) is 2.00. The summed E-state index contributed by atoms with van der Waals surface area (Å²) in [7, 11) is 5.20. The fourth-order valence-corrected chi connectivity index (χ4v) is 2.00. The summed E-state index contributed by atoms with van der Waals surface area (Å²) in [5.74, 6) is 0.542. The van der Waals surface area contributed by atoms with Gasteiger partial charge in [-0.1, -0.05) is 30.3 Å². The Balaban J connectivity index is 2.02. The first-order chi connectivity index (χ1) is 10.6. The third-order valence-corrected chi connectivity index (χ3v) is 3.11. The molecule has 1 heterocycles. The van der Waals surface area contributed by atoms with Crippen LogP contribution in [0.4, 0.5) is 11.5 Å². The molecule has 0 aliphatic heterocycles. The molecular weight excluding hydrogens is 280 g/mol. The minimum Gasteiger partial charge on any atom is -0.467 e. The van der Waals surface area contributed by atoms with Gasteiger partial charge < -0.3 is 15.0 Å². The zero-order chi connectivity index (χ0) is 15.9. The van der Waals surface area contributed by atoms with Gasteiger partial charge in [-0.2, -0.15) is 4.98 Å². The number of carbonyl (C=O) groups excluding carboxylic acids is 1. The maximum absolute atomic E-state index is 12.1. The Bertz CT molecular complexity index is 629. The van der Waals surface area contributed by atoms with E-state index in [4.69, 9.17) is 4.74 Å². The molecule has 6 nitrogen and oxygen atoms in total. The molecule has 22 heavy (non-hydrogen) atoms. The first-order valence-corrected chi connectivity index (χ1v) is 7.02. The van der Waals surface area contributed by atoms with Crippen molar-refractivity contribution < 1.29 is 9.53 Å². The molecule has 0 saturated carbocycles. The number of benzene rings is 1. The van der Waals surface area contributed by atoms with Crippen LogP contribution < -0.4 is 15.0 Å². The lowest BCUT2D eigenvalue weighted by molar-refractivity contribution is -0.116. The molecule has 0 bridgehead atoms. The lowest BCUT2D eigenvalue weighted by Gasteiger charge is -2.16. The molecule has 6 heteroatoms. The van der Waals surface area contributed by atoms with E-state index in [1.165, 1.54) is 7.11 Å². The van der Waals surface area contributed by atoms with Gasteiger partial charge in [0.2, 0.25) is 5.91 Å². The summed E-state index contributed by atoms with van der Waals surface area (Å²) in [6.45, 7) is 0. The number of rotatable bonds is 6. The number of aryl methyl sites for hydroxylation is 1. The van der Waals surface area contributed by atoms with E-state index in [-0.39, 0.29) is 11.9 Å². The van der Waals surface area contributed by atoms with Gasteiger partial charge >= 0.3 is 6.01 Å². The molecule has 0 spiro atoms. The number of hydrogen-bond donors (Lipinski definition) is 1. The summed E-state index contributed by atoms with van der Waals surface area (Å²) < 4.78 is 5.01. The summed E-state index contributed by atoms with van der Waals surface area (Å²) in [5, 5.41) is 2.85. The average Bonchev–Trinajstić information content (AvgIpc) is 2.54. The minimum atomic E-state index is -0.0688. The quantitative estimate of drug-likeness (QED) is 0.885.